The molecule has 10 heteroatoms. The summed E-state index contributed by atoms with van der Waals surface area (Å²) in [5.74, 6) is -2.03. The van der Waals surface area contributed by atoms with Crippen molar-refractivity contribution in [1.29, 1.82) is 0 Å². The van der Waals surface area contributed by atoms with E-state index in [4.69, 9.17) is 10.5 Å². The van der Waals surface area contributed by atoms with Crippen molar-refractivity contribution in [2.75, 3.05) is 13.7 Å². The highest BCUT2D eigenvalue weighted by atomic mass is 16.5. The fourth-order valence-electron chi connectivity index (χ4n) is 5.46. The summed E-state index contributed by atoms with van der Waals surface area (Å²) in [7, 11) is 1.62. The number of carboxylic acids is 1. The third-order valence-corrected chi connectivity index (χ3v) is 8.35. The Kier molecular flexibility index (Phi) is 13.1. The molecule has 6 N–H and O–H groups in total. The second kappa shape index (κ2) is 17.6. The van der Waals surface area contributed by atoms with Crippen LogP contribution in [-0.4, -0.2) is 60.6 Å². The van der Waals surface area contributed by atoms with E-state index in [1.54, 1.807) is 7.11 Å². The minimum Gasteiger partial charge on any atom is -0.497 e. The molecular weight excluding hydrogens is 608 g/mol. The number of carbonyl (C=O) groups is 4. The van der Waals surface area contributed by atoms with Gasteiger partial charge in [0.05, 0.1) is 19.1 Å². The molecule has 0 heterocycles. The van der Waals surface area contributed by atoms with E-state index in [1.807, 2.05) is 104 Å². The molecule has 0 spiro atoms. The Labute approximate surface area is 281 Å². The van der Waals surface area contributed by atoms with E-state index in [9.17, 15) is 24.3 Å². The Morgan fingerprint density at radius 1 is 0.729 bits per heavy atom. The van der Waals surface area contributed by atoms with E-state index < -0.39 is 35.9 Å². The molecule has 252 valence electrons. The second-order valence-electron chi connectivity index (χ2n) is 11.9. The SMILES string of the molecule is COc1ccc2cc([C@H](C)C(=O)NCCCC[C@@H](NC(=O)[C@@H](Cc3ccccc3)NC(=O)[C@H](N)Cc3ccccc3)C(=O)O)ccc2c1. The van der Waals surface area contributed by atoms with Crippen LogP contribution in [0, 0.1) is 0 Å². The molecule has 4 aromatic rings. The first kappa shape index (κ1) is 35.6. The van der Waals surface area contributed by atoms with Crippen molar-refractivity contribution in [1.82, 2.24) is 16.0 Å². The molecule has 4 aromatic carbocycles. The lowest BCUT2D eigenvalue weighted by Crippen LogP contribution is -2.55. The average molecular weight is 653 g/mol. The van der Waals surface area contributed by atoms with Crippen molar-refractivity contribution in [3.05, 3.63) is 114 Å². The number of aliphatic carboxylic acids is 1. The number of benzene rings is 4. The molecule has 0 aliphatic heterocycles. The minimum atomic E-state index is -1.18. The van der Waals surface area contributed by atoms with Gasteiger partial charge < -0.3 is 31.5 Å². The number of amides is 3. The minimum absolute atomic E-state index is 0.129. The third kappa shape index (κ3) is 10.4. The van der Waals surface area contributed by atoms with Crippen LogP contribution in [0.15, 0.2) is 97.1 Å². The molecule has 0 bridgehead atoms. The van der Waals surface area contributed by atoms with E-state index in [0.717, 1.165) is 33.2 Å². The molecular formula is C38H44N4O6. The summed E-state index contributed by atoms with van der Waals surface area (Å²) in [6.07, 6.45) is 1.57. The lowest BCUT2D eigenvalue weighted by atomic mass is 9.97. The largest absolute Gasteiger partial charge is 0.497 e. The number of carbonyl (C=O) groups excluding carboxylic acids is 3. The van der Waals surface area contributed by atoms with Crippen LogP contribution < -0.4 is 26.4 Å². The number of ether oxygens (including phenoxy) is 1. The first-order valence-corrected chi connectivity index (χ1v) is 16.2. The third-order valence-electron chi connectivity index (χ3n) is 8.35. The van der Waals surface area contributed by atoms with Gasteiger partial charge in [0.1, 0.15) is 17.8 Å². The van der Waals surface area contributed by atoms with Gasteiger partial charge in [-0.15, -0.1) is 0 Å². The van der Waals surface area contributed by atoms with E-state index in [1.165, 1.54) is 0 Å². The zero-order valence-corrected chi connectivity index (χ0v) is 27.4. The molecule has 0 saturated carbocycles. The molecule has 0 aliphatic carbocycles. The Morgan fingerprint density at radius 3 is 1.98 bits per heavy atom. The van der Waals surface area contributed by atoms with Gasteiger partial charge in [0.2, 0.25) is 17.7 Å². The summed E-state index contributed by atoms with van der Waals surface area (Å²) >= 11 is 0. The van der Waals surface area contributed by atoms with Gasteiger partial charge in [-0.1, -0.05) is 84.9 Å². The molecule has 0 aliphatic rings. The Bertz CT molecular complexity index is 1680. The van der Waals surface area contributed by atoms with E-state index in [0.29, 0.717) is 19.4 Å². The summed E-state index contributed by atoms with van der Waals surface area (Å²) < 4.78 is 5.28. The van der Waals surface area contributed by atoms with Gasteiger partial charge in [-0.2, -0.15) is 0 Å². The van der Waals surface area contributed by atoms with Gasteiger partial charge in [0, 0.05) is 13.0 Å². The first-order valence-electron chi connectivity index (χ1n) is 16.2. The molecule has 10 nitrogen and oxygen atoms in total. The summed E-state index contributed by atoms with van der Waals surface area (Å²) in [5, 5.41) is 20.2. The zero-order chi connectivity index (χ0) is 34.5. The summed E-state index contributed by atoms with van der Waals surface area (Å²) in [5.41, 5.74) is 8.74. The molecule has 0 unspecified atom stereocenters. The summed E-state index contributed by atoms with van der Waals surface area (Å²) in [6, 6.07) is 27.1. The van der Waals surface area contributed by atoms with Gasteiger partial charge in [-0.25, -0.2) is 4.79 Å². The van der Waals surface area contributed by atoms with Gasteiger partial charge in [0.25, 0.3) is 0 Å². The van der Waals surface area contributed by atoms with Crippen LogP contribution in [0.3, 0.4) is 0 Å². The van der Waals surface area contributed by atoms with E-state index in [-0.39, 0.29) is 31.1 Å². The Balaban J connectivity index is 1.28. The number of nitrogens with one attached hydrogen (secondary N) is 3. The van der Waals surface area contributed by atoms with Crippen LogP contribution in [0.1, 0.15) is 48.8 Å². The molecule has 3 amide bonds. The maximum absolute atomic E-state index is 13.4. The van der Waals surface area contributed by atoms with Gasteiger partial charge in [-0.05, 0) is 72.2 Å². The topological polar surface area (TPSA) is 160 Å². The van der Waals surface area contributed by atoms with Crippen molar-refractivity contribution >= 4 is 34.5 Å². The normalized spacial score (nSPS) is 13.5. The monoisotopic (exact) mass is 652 g/mol. The van der Waals surface area contributed by atoms with Crippen molar-refractivity contribution in [3.63, 3.8) is 0 Å². The van der Waals surface area contributed by atoms with E-state index in [2.05, 4.69) is 16.0 Å². The lowest BCUT2D eigenvalue weighted by molar-refractivity contribution is -0.142. The quantitative estimate of drug-likeness (QED) is 0.107. The molecule has 48 heavy (non-hydrogen) atoms. The van der Waals surface area contributed by atoms with Crippen molar-refractivity contribution in [2.45, 2.75) is 63.1 Å². The summed E-state index contributed by atoms with van der Waals surface area (Å²) in [4.78, 5) is 51.4. The number of fused-ring (bicyclic) bond motifs is 1. The van der Waals surface area contributed by atoms with Gasteiger partial charge in [-0.3, -0.25) is 14.4 Å². The lowest BCUT2D eigenvalue weighted by Gasteiger charge is -2.23. The number of carboxylic acid groups (broad SMARTS) is 1. The van der Waals surface area contributed by atoms with Crippen LogP contribution in [-0.2, 0) is 32.0 Å². The Hall–Kier alpha value is -5.22. The van der Waals surface area contributed by atoms with Crippen LogP contribution in [0.2, 0.25) is 0 Å². The highest BCUT2D eigenvalue weighted by Gasteiger charge is 2.28. The number of rotatable bonds is 17. The van der Waals surface area contributed by atoms with Crippen molar-refractivity contribution in [2.24, 2.45) is 5.73 Å². The molecule has 0 saturated heterocycles. The van der Waals surface area contributed by atoms with Crippen LogP contribution >= 0.6 is 0 Å². The van der Waals surface area contributed by atoms with Gasteiger partial charge in [0.15, 0.2) is 0 Å². The maximum atomic E-state index is 13.4. The first-order chi connectivity index (χ1) is 23.1. The number of unbranched alkanes of at least 4 members (excludes halogenated alkanes) is 1. The Morgan fingerprint density at radius 2 is 1.33 bits per heavy atom. The van der Waals surface area contributed by atoms with Crippen molar-refractivity contribution in [3.8, 4) is 5.75 Å². The highest BCUT2D eigenvalue weighted by Crippen LogP contribution is 2.25. The standard InChI is InChI=1S/C38H44N4O6/c1-25(28-16-17-30-24-31(48-2)19-18-29(30)23-28)35(43)40-20-10-9-15-33(38(46)47)41-37(45)34(22-27-13-7-4-8-14-27)42-36(44)32(39)21-26-11-5-3-6-12-26/h3-8,11-14,16-19,23-25,32-34H,9-10,15,20-22,39H2,1-2H3,(H,40,43)(H,41,45)(H,42,44)(H,46,47)/t25-,32+,33+,34+/m0/s1. The van der Waals surface area contributed by atoms with Crippen LogP contribution in [0.5, 0.6) is 5.75 Å². The molecule has 4 rings (SSSR count). The fraction of sp³-hybridized carbons (Fsp3) is 0.316. The predicted octanol–water partition coefficient (Wildman–Crippen LogP) is 4.11. The molecule has 0 fully saturated rings. The average Bonchev–Trinajstić information content (AvgIpc) is 3.10. The molecule has 0 radical (unpaired) electrons. The smallest absolute Gasteiger partial charge is 0.326 e. The van der Waals surface area contributed by atoms with Crippen LogP contribution in [0.25, 0.3) is 10.8 Å². The molecule has 0 aromatic heterocycles. The van der Waals surface area contributed by atoms with Crippen LogP contribution in [0.4, 0.5) is 0 Å². The number of hydrogen-bond acceptors (Lipinski definition) is 6. The maximum Gasteiger partial charge on any atom is 0.326 e. The highest BCUT2D eigenvalue weighted by molar-refractivity contribution is 5.92. The molecule has 4 atom stereocenters. The summed E-state index contributed by atoms with van der Waals surface area (Å²) in [6.45, 7) is 2.20. The number of methoxy groups -OCH3 is 1. The predicted molar refractivity (Wildman–Crippen MR) is 186 cm³/mol. The second-order valence-corrected chi connectivity index (χ2v) is 11.9. The number of hydrogen-bond donors (Lipinski definition) is 5. The fourth-order valence-corrected chi connectivity index (χ4v) is 5.46. The van der Waals surface area contributed by atoms with Crippen molar-refractivity contribution < 1.29 is 29.0 Å². The van der Waals surface area contributed by atoms with Gasteiger partial charge >= 0.3 is 5.97 Å². The zero-order valence-electron chi connectivity index (χ0n) is 27.4. The number of nitrogens with two attached hydrogens (primary N) is 1. The van der Waals surface area contributed by atoms with E-state index >= 15 is 0 Å².